The van der Waals surface area contributed by atoms with Gasteiger partial charge in [-0.15, -0.1) is 0 Å². The summed E-state index contributed by atoms with van der Waals surface area (Å²) in [6.45, 7) is 9.13. The molecule has 0 aliphatic carbocycles. The van der Waals surface area contributed by atoms with E-state index >= 15 is 0 Å². The van der Waals surface area contributed by atoms with Crippen LogP contribution in [0.15, 0.2) is 30.9 Å². The number of fused-ring (bicyclic) bond motifs is 1. The van der Waals surface area contributed by atoms with Gasteiger partial charge in [0.15, 0.2) is 0 Å². The molecule has 4 heterocycles. The highest BCUT2D eigenvalue weighted by molar-refractivity contribution is 7.99. The average Bonchev–Trinajstić information content (AvgIpc) is 3.43. The number of likely N-dealkylation sites (N-methyl/N-ethyl adjacent to an activating group) is 1. The zero-order valence-electron chi connectivity index (χ0n) is 25.1. The van der Waals surface area contributed by atoms with Crippen molar-refractivity contribution in [2.24, 2.45) is 0 Å². The van der Waals surface area contributed by atoms with Crippen LogP contribution in [0, 0.1) is 11.3 Å². The van der Waals surface area contributed by atoms with Crippen LogP contribution in [0.3, 0.4) is 0 Å². The smallest absolute Gasteiger partial charge is 0.318 e. The molecule has 2 fully saturated rings. The molecule has 1 aromatic carbocycles. The zero-order chi connectivity index (χ0) is 29.6. The molecule has 5 rings (SSSR count). The van der Waals surface area contributed by atoms with E-state index in [9.17, 15) is 10.1 Å². The number of hydrogen-bond acceptors (Lipinski definition) is 9. The van der Waals surface area contributed by atoms with Crippen LogP contribution in [0.25, 0.3) is 0 Å². The van der Waals surface area contributed by atoms with E-state index in [-0.39, 0.29) is 18.4 Å². The number of thioether (sulfide) groups is 1. The summed E-state index contributed by atoms with van der Waals surface area (Å²) >= 11 is 1.95. The van der Waals surface area contributed by atoms with Gasteiger partial charge in [-0.05, 0) is 57.0 Å². The third-order valence-corrected chi connectivity index (χ3v) is 10.1. The second-order valence-electron chi connectivity index (χ2n) is 11.3. The van der Waals surface area contributed by atoms with E-state index in [0.29, 0.717) is 43.5 Å². The second-order valence-corrected chi connectivity index (χ2v) is 12.6. The van der Waals surface area contributed by atoms with Crippen molar-refractivity contribution in [3.63, 3.8) is 0 Å². The Morgan fingerprint density at radius 1 is 1.26 bits per heavy atom. The van der Waals surface area contributed by atoms with Crippen LogP contribution in [0.5, 0.6) is 11.8 Å². The maximum atomic E-state index is 12.5. The number of amides is 1. The molecule has 0 bridgehead atoms. The first-order valence-corrected chi connectivity index (χ1v) is 16.0. The topological polar surface area (TPSA) is 94.8 Å². The number of benzene rings is 1. The third kappa shape index (κ3) is 6.52. The summed E-state index contributed by atoms with van der Waals surface area (Å²) in [4.78, 5) is 28.9. The molecule has 3 atom stereocenters. The summed E-state index contributed by atoms with van der Waals surface area (Å²) in [6, 6.07) is 9.15. The molecule has 0 spiro atoms. The van der Waals surface area contributed by atoms with Gasteiger partial charge in [-0.1, -0.05) is 25.6 Å². The number of likely N-dealkylation sites (tertiary alicyclic amines) is 1. The number of anilines is 1. The van der Waals surface area contributed by atoms with Gasteiger partial charge in [0, 0.05) is 54.2 Å². The fraction of sp³-hybridized carbons (Fsp3) is 0.562. The fourth-order valence-corrected chi connectivity index (χ4v) is 7.76. The summed E-state index contributed by atoms with van der Waals surface area (Å²) < 4.78 is 11.9. The van der Waals surface area contributed by atoms with E-state index < -0.39 is 0 Å². The first-order chi connectivity index (χ1) is 20.4. The number of carbonyl (C=O) groups is 1. The van der Waals surface area contributed by atoms with E-state index in [1.54, 1.807) is 12.0 Å². The van der Waals surface area contributed by atoms with Gasteiger partial charge < -0.3 is 24.2 Å². The number of nitrogens with zero attached hydrogens (tertiary/aromatic N) is 6. The molecule has 3 aliphatic heterocycles. The molecule has 224 valence electrons. The standard InChI is InChI=1S/C32H42N6O3S/c1-5-26-28(18-25-17-22-9-7-11-29(40-4)27(22)21-42-25)34-32(41-20-24-10-8-14-36(24)3)35-31(26)37-15-16-38(30(39)6-2)23(19-37)12-13-33/h6-7,9,11,23-25H,2,5,8,10,12,14-21H2,1,3-4H3/t23?,24?,25-/m0/s1. The predicted octanol–water partition coefficient (Wildman–Crippen LogP) is 4.04. The van der Waals surface area contributed by atoms with Crippen LogP contribution >= 0.6 is 11.8 Å². The summed E-state index contributed by atoms with van der Waals surface area (Å²) in [5.74, 6) is 2.61. The van der Waals surface area contributed by atoms with Crippen LogP contribution < -0.4 is 14.4 Å². The number of hydrogen-bond donors (Lipinski definition) is 0. The van der Waals surface area contributed by atoms with Gasteiger partial charge in [0.25, 0.3) is 0 Å². The van der Waals surface area contributed by atoms with Gasteiger partial charge in [0.05, 0.1) is 31.3 Å². The molecule has 2 saturated heterocycles. The van der Waals surface area contributed by atoms with Crippen molar-refractivity contribution in [1.29, 1.82) is 5.26 Å². The van der Waals surface area contributed by atoms with Gasteiger partial charge in [0.2, 0.25) is 5.91 Å². The summed E-state index contributed by atoms with van der Waals surface area (Å²) in [5, 5.41) is 9.90. The van der Waals surface area contributed by atoms with E-state index in [2.05, 4.69) is 48.6 Å². The van der Waals surface area contributed by atoms with Gasteiger partial charge in [-0.25, -0.2) is 0 Å². The number of aromatic nitrogens is 2. The normalized spacial score (nSPS) is 22.4. The minimum Gasteiger partial charge on any atom is -0.496 e. The molecule has 9 nitrogen and oxygen atoms in total. The molecule has 0 saturated carbocycles. The van der Waals surface area contributed by atoms with E-state index in [1.807, 2.05) is 17.8 Å². The van der Waals surface area contributed by atoms with Gasteiger partial charge >= 0.3 is 6.01 Å². The molecule has 2 aromatic rings. The lowest BCUT2D eigenvalue weighted by Gasteiger charge is -2.41. The van der Waals surface area contributed by atoms with Crippen LogP contribution in [0.1, 0.15) is 48.6 Å². The summed E-state index contributed by atoms with van der Waals surface area (Å²) in [6.07, 6.45) is 6.43. The van der Waals surface area contributed by atoms with Gasteiger partial charge in [0.1, 0.15) is 18.2 Å². The second kappa shape index (κ2) is 13.8. The zero-order valence-corrected chi connectivity index (χ0v) is 25.9. The monoisotopic (exact) mass is 590 g/mol. The summed E-state index contributed by atoms with van der Waals surface area (Å²) in [5.41, 5.74) is 4.79. The predicted molar refractivity (Wildman–Crippen MR) is 166 cm³/mol. The quantitative estimate of drug-likeness (QED) is 0.380. The molecule has 2 unspecified atom stereocenters. The highest BCUT2D eigenvalue weighted by atomic mass is 32.2. The molecular formula is C32H42N6O3S. The average molecular weight is 591 g/mol. The minimum absolute atomic E-state index is 0.134. The highest BCUT2D eigenvalue weighted by Crippen LogP contribution is 2.38. The van der Waals surface area contributed by atoms with Crippen LogP contribution in [0.4, 0.5) is 5.82 Å². The van der Waals surface area contributed by atoms with Gasteiger partial charge in [-0.3, -0.25) is 4.79 Å². The molecule has 1 amide bonds. The number of carbonyl (C=O) groups excluding carboxylic acids is 1. The minimum atomic E-state index is -0.228. The molecular weight excluding hydrogens is 548 g/mol. The molecule has 0 N–H and O–H groups in total. The van der Waals surface area contributed by atoms with E-state index in [0.717, 1.165) is 60.8 Å². The Morgan fingerprint density at radius 3 is 2.83 bits per heavy atom. The Bertz CT molecular complexity index is 1330. The molecule has 10 heteroatoms. The molecule has 42 heavy (non-hydrogen) atoms. The maximum absolute atomic E-state index is 12.5. The number of piperazine rings is 1. The molecule has 1 aromatic heterocycles. The van der Waals surface area contributed by atoms with Crippen molar-refractivity contribution in [3.8, 4) is 17.8 Å². The van der Waals surface area contributed by atoms with Crippen molar-refractivity contribution in [1.82, 2.24) is 19.8 Å². The summed E-state index contributed by atoms with van der Waals surface area (Å²) in [7, 11) is 3.88. The van der Waals surface area contributed by atoms with Crippen LogP contribution in [0.2, 0.25) is 0 Å². The van der Waals surface area contributed by atoms with Crippen molar-refractivity contribution >= 4 is 23.5 Å². The Labute approximate surface area is 253 Å². The number of methoxy groups -OCH3 is 1. The van der Waals surface area contributed by atoms with Crippen molar-refractivity contribution in [3.05, 3.63) is 53.2 Å². The fourth-order valence-electron chi connectivity index (χ4n) is 6.46. The number of rotatable bonds is 10. The van der Waals surface area contributed by atoms with E-state index in [1.165, 1.54) is 23.6 Å². The Morgan fingerprint density at radius 2 is 2.12 bits per heavy atom. The lowest BCUT2D eigenvalue weighted by atomic mass is 9.98. The Balaban J connectivity index is 1.44. The number of ether oxygens (including phenoxy) is 2. The van der Waals surface area contributed by atoms with E-state index in [4.69, 9.17) is 19.4 Å². The van der Waals surface area contributed by atoms with Crippen LogP contribution in [-0.2, 0) is 29.8 Å². The van der Waals surface area contributed by atoms with Crippen molar-refractivity contribution in [2.45, 2.75) is 68.5 Å². The van der Waals surface area contributed by atoms with Crippen LogP contribution in [-0.4, -0.2) is 90.0 Å². The molecule has 0 radical (unpaired) electrons. The van der Waals surface area contributed by atoms with Gasteiger partial charge in [-0.2, -0.15) is 27.0 Å². The van der Waals surface area contributed by atoms with Crippen molar-refractivity contribution in [2.75, 3.05) is 51.8 Å². The first-order valence-electron chi connectivity index (χ1n) is 15.0. The first kappa shape index (κ1) is 30.2. The van der Waals surface area contributed by atoms with Crippen molar-refractivity contribution < 1.29 is 14.3 Å². The highest BCUT2D eigenvalue weighted by Gasteiger charge is 2.33. The third-order valence-electron chi connectivity index (χ3n) is 8.83. The lowest BCUT2D eigenvalue weighted by Crippen LogP contribution is -2.55. The lowest BCUT2D eigenvalue weighted by molar-refractivity contribution is -0.128. The number of nitriles is 1. The Kier molecular flexibility index (Phi) is 9.91. The maximum Gasteiger partial charge on any atom is 0.318 e. The Hall–Kier alpha value is -3.29. The largest absolute Gasteiger partial charge is 0.496 e. The molecule has 3 aliphatic rings. The SMILES string of the molecule is C=CC(=O)N1CCN(c2nc(OCC3CCCN3C)nc(C[C@@H]3Cc4cccc(OC)c4CS3)c2CC)CC1CC#N.